The molecule has 1 aliphatic heterocycles. The lowest BCUT2D eigenvalue weighted by Gasteiger charge is -2.07. The Morgan fingerprint density at radius 1 is 1.05 bits per heavy atom. The van der Waals surface area contributed by atoms with E-state index in [-0.39, 0.29) is 11.3 Å². The summed E-state index contributed by atoms with van der Waals surface area (Å²) < 4.78 is 5.35. The number of aromatic carboxylic acids is 1. The molecule has 2 aromatic rings. The van der Waals surface area contributed by atoms with E-state index in [1.54, 1.807) is 6.07 Å². The van der Waals surface area contributed by atoms with Crippen molar-refractivity contribution in [3.05, 3.63) is 53.1 Å². The molecule has 2 N–H and O–H groups in total. The van der Waals surface area contributed by atoms with E-state index >= 15 is 0 Å². The SMILES string of the molecule is O=C(O)c1ccc(-c2ccc3c(c2)COC3)c(O)c1. The van der Waals surface area contributed by atoms with E-state index in [1.165, 1.54) is 12.1 Å². The number of carboxylic acids is 1. The largest absolute Gasteiger partial charge is 0.507 e. The number of aromatic hydroxyl groups is 1. The van der Waals surface area contributed by atoms with Gasteiger partial charge in [0, 0.05) is 5.56 Å². The van der Waals surface area contributed by atoms with E-state index in [0.717, 1.165) is 16.7 Å². The van der Waals surface area contributed by atoms with Gasteiger partial charge in [0.15, 0.2) is 0 Å². The van der Waals surface area contributed by atoms with Crippen LogP contribution in [-0.2, 0) is 18.0 Å². The molecule has 2 aromatic carbocycles. The monoisotopic (exact) mass is 256 g/mol. The minimum atomic E-state index is -1.05. The van der Waals surface area contributed by atoms with E-state index in [2.05, 4.69) is 0 Å². The highest BCUT2D eigenvalue weighted by Crippen LogP contribution is 2.32. The summed E-state index contributed by atoms with van der Waals surface area (Å²) in [7, 11) is 0. The molecule has 0 aliphatic carbocycles. The fraction of sp³-hybridized carbons (Fsp3) is 0.133. The summed E-state index contributed by atoms with van der Waals surface area (Å²) >= 11 is 0. The third kappa shape index (κ3) is 2.06. The van der Waals surface area contributed by atoms with E-state index in [4.69, 9.17) is 9.84 Å². The maximum atomic E-state index is 10.8. The minimum Gasteiger partial charge on any atom is -0.507 e. The molecular formula is C15H12O4. The van der Waals surface area contributed by atoms with Gasteiger partial charge in [-0.25, -0.2) is 4.79 Å². The van der Waals surface area contributed by atoms with Crippen molar-refractivity contribution in [2.24, 2.45) is 0 Å². The van der Waals surface area contributed by atoms with Crippen LogP contribution < -0.4 is 0 Å². The number of phenolic OH excluding ortho intramolecular Hbond substituents is 1. The van der Waals surface area contributed by atoms with Gasteiger partial charge in [-0.05, 0) is 41.0 Å². The summed E-state index contributed by atoms with van der Waals surface area (Å²) in [5.74, 6) is -1.08. The van der Waals surface area contributed by atoms with Crippen molar-refractivity contribution in [3.8, 4) is 16.9 Å². The first-order chi connectivity index (χ1) is 9.15. The lowest BCUT2D eigenvalue weighted by atomic mass is 9.99. The molecule has 0 radical (unpaired) electrons. The first-order valence-corrected chi connectivity index (χ1v) is 5.91. The van der Waals surface area contributed by atoms with Gasteiger partial charge in [-0.15, -0.1) is 0 Å². The average Bonchev–Trinajstić information content (AvgIpc) is 2.85. The van der Waals surface area contributed by atoms with Gasteiger partial charge >= 0.3 is 5.97 Å². The number of ether oxygens (including phenoxy) is 1. The second-order valence-corrected chi connectivity index (χ2v) is 4.51. The zero-order valence-corrected chi connectivity index (χ0v) is 10.1. The first-order valence-electron chi connectivity index (χ1n) is 5.91. The number of hydrogen-bond donors (Lipinski definition) is 2. The van der Waals surface area contributed by atoms with Gasteiger partial charge in [-0.3, -0.25) is 0 Å². The van der Waals surface area contributed by atoms with Crippen molar-refractivity contribution in [1.82, 2.24) is 0 Å². The van der Waals surface area contributed by atoms with Crippen molar-refractivity contribution >= 4 is 5.97 Å². The molecule has 0 saturated heterocycles. The fourth-order valence-corrected chi connectivity index (χ4v) is 2.25. The third-order valence-corrected chi connectivity index (χ3v) is 3.28. The van der Waals surface area contributed by atoms with Crippen LogP contribution in [0.15, 0.2) is 36.4 Å². The van der Waals surface area contributed by atoms with Gasteiger partial charge < -0.3 is 14.9 Å². The minimum absolute atomic E-state index is 0.0289. The molecule has 1 heterocycles. The standard InChI is InChI=1S/C15H12O4/c16-14-6-10(15(17)18)3-4-13(14)9-1-2-11-7-19-8-12(11)5-9/h1-6,16H,7-8H2,(H,17,18). The number of phenols is 1. The Morgan fingerprint density at radius 3 is 2.58 bits per heavy atom. The summed E-state index contributed by atoms with van der Waals surface area (Å²) in [6.07, 6.45) is 0. The number of fused-ring (bicyclic) bond motifs is 1. The van der Waals surface area contributed by atoms with Gasteiger partial charge in [-0.1, -0.05) is 12.1 Å². The Hall–Kier alpha value is -2.33. The molecule has 0 bridgehead atoms. The lowest BCUT2D eigenvalue weighted by Crippen LogP contribution is -1.95. The van der Waals surface area contributed by atoms with Crippen LogP contribution >= 0.6 is 0 Å². The maximum absolute atomic E-state index is 10.8. The highest BCUT2D eigenvalue weighted by molar-refractivity contribution is 5.89. The van der Waals surface area contributed by atoms with Crippen molar-refractivity contribution in [3.63, 3.8) is 0 Å². The van der Waals surface area contributed by atoms with Crippen molar-refractivity contribution < 1.29 is 19.7 Å². The van der Waals surface area contributed by atoms with Crippen molar-refractivity contribution in [2.75, 3.05) is 0 Å². The van der Waals surface area contributed by atoms with Crippen molar-refractivity contribution in [1.29, 1.82) is 0 Å². The second kappa shape index (κ2) is 4.40. The molecule has 96 valence electrons. The second-order valence-electron chi connectivity index (χ2n) is 4.51. The Bertz CT molecular complexity index is 661. The van der Waals surface area contributed by atoms with Crippen LogP contribution in [-0.4, -0.2) is 16.2 Å². The zero-order valence-electron chi connectivity index (χ0n) is 10.1. The molecule has 0 unspecified atom stereocenters. The van der Waals surface area contributed by atoms with Crippen LogP contribution in [0.2, 0.25) is 0 Å². The summed E-state index contributed by atoms with van der Waals surface area (Å²) in [5.41, 5.74) is 3.83. The highest BCUT2D eigenvalue weighted by Gasteiger charge is 2.14. The van der Waals surface area contributed by atoms with Crippen LogP contribution in [0.5, 0.6) is 5.75 Å². The molecule has 3 rings (SSSR count). The molecule has 4 heteroatoms. The Balaban J connectivity index is 2.05. The van der Waals surface area contributed by atoms with Gasteiger partial charge in [0.25, 0.3) is 0 Å². The maximum Gasteiger partial charge on any atom is 0.335 e. The van der Waals surface area contributed by atoms with E-state index < -0.39 is 5.97 Å². The summed E-state index contributed by atoms with van der Waals surface area (Å²) in [6.45, 7) is 1.21. The molecule has 0 aromatic heterocycles. The molecule has 0 saturated carbocycles. The normalized spacial score (nSPS) is 13.3. The summed E-state index contributed by atoms with van der Waals surface area (Å²) in [6, 6.07) is 10.2. The summed E-state index contributed by atoms with van der Waals surface area (Å²) in [5, 5.41) is 18.8. The van der Waals surface area contributed by atoms with E-state index in [0.29, 0.717) is 18.8 Å². The molecular weight excluding hydrogens is 244 g/mol. The quantitative estimate of drug-likeness (QED) is 0.867. The van der Waals surface area contributed by atoms with Gasteiger partial charge in [0.1, 0.15) is 5.75 Å². The smallest absolute Gasteiger partial charge is 0.335 e. The van der Waals surface area contributed by atoms with E-state index in [9.17, 15) is 9.90 Å². The van der Waals surface area contributed by atoms with Crippen LogP contribution in [0, 0.1) is 0 Å². The number of carboxylic acid groups (broad SMARTS) is 1. The zero-order chi connectivity index (χ0) is 13.4. The first kappa shape index (κ1) is 11.7. The van der Waals surface area contributed by atoms with Crippen LogP contribution in [0.25, 0.3) is 11.1 Å². The van der Waals surface area contributed by atoms with Crippen LogP contribution in [0.1, 0.15) is 21.5 Å². The molecule has 1 aliphatic rings. The predicted octanol–water partition coefficient (Wildman–Crippen LogP) is 2.79. The van der Waals surface area contributed by atoms with Crippen LogP contribution in [0.3, 0.4) is 0 Å². The molecule has 19 heavy (non-hydrogen) atoms. The predicted molar refractivity (Wildman–Crippen MR) is 69.0 cm³/mol. The number of benzene rings is 2. The molecule has 0 spiro atoms. The number of rotatable bonds is 2. The van der Waals surface area contributed by atoms with Gasteiger partial charge in [-0.2, -0.15) is 0 Å². The average molecular weight is 256 g/mol. The molecule has 0 fully saturated rings. The topological polar surface area (TPSA) is 66.8 Å². The summed E-state index contributed by atoms with van der Waals surface area (Å²) in [4.78, 5) is 10.8. The molecule has 0 atom stereocenters. The fourth-order valence-electron chi connectivity index (χ4n) is 2.25. The number of hydrogen-bond acceptors (Lipinski definition) is 3. The third-order valence-electron chi connectivity index (χ3n) is 3.28. The van der Waals surface area contributed by atoms with Gasteiger partial charge in [0.05, 0.1) is 18.8 Å². The molecule has 0 amide bonds. The molecule has 4 nitrogen and oxygen atoms in total. The van der Waals surface area contributed by atoms with E-state index in [1.807, 2.05) is 18.2 Å². The van der Waals surface area contributed by atoms with Gasteiger partial charge in [0.2, 0.25) is 0 Å². The highest BCUT2D eigenvalue weighted by atomic mass is 16.5. The van der Waals surface area contributed by atoms with Crippen molar-refractivity contribution in [2.45, 2.75) is 13.2 Å². The Kier molecular flexibility index (Phi) is 2.72. The Morgan fingerprint density at radius 2 is 1.84 bits per heavy atom. The van der Waals surface area contributed by atoms with Crippen LogP contribution in [0.4, 0.5) is 0 Å². The lowest BCUT2D eigenvalue weighted by molar-refractivity contribution is 0.0696. The Labute approximate surface area is 109 Å². The number of carbonyl (C=O) groups is 1.